The standard InChI is InChI=1S/C17H12ClF7N2O/c1-7-8(2)27(6-15(19,20)16(21,22)17(23,24)25)11-4-3-10-14(13(7)11)9(18)5-12(28)26-10/h3-5H,6H2,1-2H3,(H,26,28). The van der Waals surface area contributed by atoms with E-state index in [2.05, 4.69) is 4.98 Å². The highest BCUT2D eigenvalue weighted by Gasteiger charge is 2.72. The molecule has 152 valence electrons. The van der Waals surface area contributed by atoms with Crippen molar-refractivity contribution in [3.8, 4) is 0 Å². The van der Waals surface area contributed by atoms with Gasteiger partial charge in [0.1, 0.15) is 0 Å². The topological polar surface area (TPSA) is 37.8 Å². The fraction of sp³-hybridized carbons (Fsp3) is 0.353. The van der Waals surface area contributed by atoms with E-state index in [1.54, 1.807) is 0 Å². The number of halogens is 8. The third-order valence-electron chi connectivity index (χ3n) is 4.72. The molecule has 0 radical (unpaired) electrons. The molecule has 0 saturated carbocycles. The largest absolute Gasteiger partial charge is 0.459 e. The fourth-order valence-corrected chi connectivity index (χ4v) is 3.47. The number of nitrogens with one attached hydrogen (secondary N) is 1. The number of hydrogen-bond acceptors (Lipinski definition) is 1. The number of pyridine rings is 1. The van der Waals surface area contributed by atoms with E-state index in [4.69, 9.17) is 11.6 Å². The van der Waals surface area contributed by atoms with Crippen molar-refractivity contribution in [1.82, 2.24) is 9.55 Å². The molecular weight excluding hydrogens is 417 g/mol. The second kappa shape index (κ2) is 6.13. The number of H-pyrrole nitrogens is 1. The Hall–Kier alpha value is -2.23. The summed E-state index contributed by atoms with van der Waals surface area (Å²) in [4.78, 5) is 14.1. The van der Waals surface area contributed by atoms with E-state index < -0.39 is 30.1 Å². The van der Waals surface area contributed by atoms with Gasteiger partial charge in [-0.05, 0) is 31.5 Å². The Labute approximate surface area is 157 Å². The third-order valence-corrected chi connectivity index (χ3v) is 5.02. The van der Waals surface area contributed by atoms with Crippen molar-refractivity contribution in [2.75, 3.05) is 0 Å². The Morgan fingerprint density at radius 1 is 1.04 bits per heavy atom. The van der Waals surface area contributed by atoms with Gasteiger partial charge in [0, 0.05) is 28.0 Å². The van der Waals surface area contributed by atoms with E-state index >= 15 is 0 Å². The summed E-state index contributed by atoms with van der Waals surface area (Å²) in [6.07, 6.45) is -6.40. The van der Waals surface area contributed by atoms with Gasteiger partial charge in [0.15, 0.2) is 0 Å². The number of aromatic nitrogens is 2. The molecule has 0 saturated heterocycles. The van der Waals surface area contributed by atoms with Crippen LogP contribution in [0, 0.1) is 13.8 Å². The van der Waals surface area contributed by atoms with Gasteiger partial charge in [0.25, 0.3) is 0 Å². The van der Waals surface area contributed by atoms with Crippen LogP contribution in [0.1, 0.15) is 11.3 Å². The van der Waals surface area contributed by atoms with E-state index in [1.807, 2.05) is 0 Å². The van der Waals surface area contributed by atoms with Crippen LogP contribution >= 0.6 is 11.6 Å². The molecule has 0 spiro atoms. The molecule has 2 heterocycles. The number of alkyl halides is 7. The van der Waals surface area contributed by atoms with Crippen LogP contribution in [0.2, 0.25) is 5.02 Å². The van der Waals surface area contributed by atoms with Crippen molar-refractivity contribution in [3.05, 3.63) is 44.8 Å². The number of hydrogen-bond donors (Lipinski definition) is 1. The lowest BCUT2D eigenvalue weighted by Gasteiger charge is -2.29. The smallest absolute Gasteiger partial charge is 0.338 e. The van der Waals surface area contributed by atoms with Gasteiger partial charge in [0.05, 0.1) is 17.1 Å². The molecule has 1 aromatic carbocycles. The maximum Gasteiger partial charge on any atom is 0.459 e. The molecule has 2 aromatic heterocycles. The molecule has 0 fully saturated rings. The lowest BCUT2D eigenvalue weighted by Crippen LogP contribution is -2.53. The molecule has 1 N–H and O–H groups in total. The number of nitrogens with zero attached hydrogens (tertiary/aromatic N) is 1. The summed E-state index contributed by atoms with van der Waals surface area (Å²) in [6, 6.07) is 3.63. The highest BCUT2D eigenvalue weighted by molar-refractivity contribution is 6.37. The first-order valence-electron chi connectivity index (χ1n) is 7.82. The van der Waals surface area contributed by atoms with Crippen LogP contribution in [0.4, 0.5) is 30.7 Å². The van der Waals surface area contributed by atoms with Crippen LogP contribution in [0.15, 0.2) is 23.0 Å². The first-order chi connectivity index (χ1) is 12.7. The molecule has 0 aliphatic heterocycles. The molecule has 0 aliphatic rings. The normalized spacial score (nSPS) is 13.6. The van der Waals surface area contributed by atoms with Gasteiger partial charge in [0.2, 0.25) is 5.56 Å². The summed E-state index contributed by atoms with van der Waals surface area (Å²) >= 11 is 6.09. The first-order valence-corrected chi connectivity index (χ1v) is 8.20. The van der Waals surface area contributed by atoms with E-state index in [9.17, 15) is 35.5 Å². The summed E-state index contributed by atoms with van der Waals surface area (Å²) in [5.74, 6) is -11.6. The van der Waals surface area contributed by atoms with Crippen molar-refractivity contribution in [2.24, 2.45) is 0 Å². The SMILES string of the molecule is Cc1c(C)n(CC(F)(F)C(F)(F)C(F)(F)F)c2ccc3[nH]c(=O)cc(Cl)c3c12. The monoisotopic (exact) mass is 428 g/mol. The van der Waals surface area contributed by atoms with Crippen LogP contribution in [0.25, 0.3) is 21.8 Å². The van der Waals surface area contributed by atoms with E-state index in [0.29, 0.717) is 10.1 Å². The summed E-state index contributed by atoms with van der Waals surface area (Å²) in [5.41, 5.74) is 0.192. The number of rotatable bonds is 3. The molecule has 0 bridgehead atoms. The number of aromatic amines is 1. The Morgan fingerprint density at radius 3 is 2.21 bits per heavy atom. The molecule has 0 amide bonds. The average molecular weight is 429 g/mol. The van der Waals surface area contributed by atoms with Crippen LogP contribution in [-0.4, -0.2) is 27.6 Å². The maximum absolute atomic E-state index is 14.0. The highest BCUT2D eigenvalue weighted by Crippen LogP contribution is 2.48. The van der Waals surface area contributed by atoms with Gasteiger partial charge in [-0.1, -0.05) is 11.6 Å². The van der Waals surface area contributed by atoms with Gasteiger partial charge in [-0.25, -0.2) is 0 Å². The van der Waals surface area contributed by atoms with Crippen molar-refractivity contribution >= 4 is 33.4 Å². The van der Waals surface area contributed by atoms with Crippen LogP contribution in [0.5, 0.6) is 0 Å². The average Bonchev–Trinajstić information content (AvgIpc) is 2.78. The minimum Gasteiger partial charge on any atom is -0.338 e. The summed E-state index contributed by atoms with van der Waals surface area (Å²) in [7, 11) is 0. The van der Waals surface area contributed by atoms with E-state index in [1.165, 1.54) is 26.0 Å². The zero-order valence-corrected chi connectivity index (χ0v) is 15.1. The number of benzene rings is 1. The quantitative estimate of drug-likeness (QED) is 0.543. The van der Waals surface area contributed by atoms with E-state index in [-0.39, 0.29) is 32.5 Å². The molecule has 0 aliphatic carbocycles. The Balaban J connectivity index is 2.28. The molecule has 11 heteroatoms. The van der Waals surface area contributed by atoms with Gasteiger partial charge in [-0.2, -0.15) is 30.7 Å². The van der Waals surface area contributed by atoms with Crippen molar-refractivity contribution in [3.63, 3.8) is 0 Å². The van der Waals surface area contributed by atoms with Crippen molar-refractivity contribution < 1.29 is 30.7 Å². The molecule has 28 heavy (non-hydrogen) atoms. The molecule has 0 unspecified atom stereocenters. The van der Waals surface area contributed by atoms with Crippen LogP contribution in [0.3, 0.4) is 0 Å². The summed E-state index contributed by atoms with van der Waals surface area (Å²) in [6.45, 7) is 0.930. The Bertz CT molecular complexity index is 1140. The maximum atomic E-state index is 14.0. The zero-order chi connectivity index (χ0) is 21.2. The van der Waals surface area contributed by atoms with Crippen LogP contribution in [-0.2, 0) is 6.54 Å². The summed E-state index contributed by atoms with van der Waals surface area (Å²) < 4.78 is 92.7. The highest BCUT2D eigenvalue weighted by atomic mass is 35.5. The minimum absolute atomic E-state index is 0.00279. The Kier molecular flexibility index (Phi) is 4.49. The number of aryl methyl sites for hydroxylation is 1. The van der Waals surface area contributed by atoms with Crippen LogP contribution < -0.4 is 5.56 Å². The second-order valence-electron chi connectivity index (χ2n) is 6.44. The molecular formula is C17H12ClF7N2O. The second-order valence-corrected chi connectivity index (χ2v) is 6.84. The van der Waals surface area contributed by atoms with E-state index in [0.717, 1.165) is 6.07 Å². The lowest BCUT2D eigenvalue weighted by atomic mass is 10.1. The Morgan fingerprint density at radius 2 is 1.64 bits per heavy atom. The summed E-state index contributed by atoms with van der Waals surface area (Å²) in [5, 5.41) is 0.559. The predicted octanol–water partition coefficient (Wildman–Crippen LogP) is 5.59. The molecule has 3 rings (SSSR count). The first kappa shape index (κ1) is 20.5. The van der Waals surface area contributed by atoms with Gasteiger partial charge >= 0.3 is 18.0 Å². The zero-order valence-electron chi connectivity index (χ0n) is 14.3. The lowest BCUT2D eigenvalue weighted by molar-refractivity contribution is -0.356. The van der Waals surface area contributed by atoms with Crippen molar-refractivity contribution in [2.45, 2.75) is 38.4 Å². The predicted molar refractivity (Wildman–Crippen MR) is 90.5 cm³/mol. The van der Waals surface area contributed by atoms with Gasteiger partial charge in [-0.15, -0.1) is 0 Å². The van der Waals surface area contributed by atoms with Gasteiger partial charge < -0.3 is 9.55 Å². The number of fused-ring (bicyclic) bond motifs is 3. The molecule has 3 nitrogen and oxygen atoms in total. The van der Waals surface area contributed by atoms with Gasteiger partial charge in [-0.3, -0.25) is 4.79 Å². The minimum atomic E-state index is -6.40. The van der Waals surface area contributed by atoms with Crippen molar-refractivity contribution in [1.29, 1.82) is 0 Å². The fourth-order valence-electron chi connectivity index (χ4n) is 3.18. The molecule has 0 atom stereocenters. The molecule has 3 aromatic rings. The third kappa shape index (κ3) is 2.85.